The predicted octanol–water partition coefficient (Wildman–Crippen LogP) is 2.43. The van der Waals surface area contributed by atoms with E-state index in [1.807, 2.05) is 11.8 Å². The van der Waals surface area contributed by atoms with Crippen molar-refractivity contribution >= 4 is 11.8 Å². The smallest absolute Gasteiger partial charge is 0.0497 e. The summed E-state index contributed by atoms with van der Waals surface area (Å²) >= 11 is 2.04. The van der Waals surface area contributed by atoms with Crippen LogP contribution in [0.3, 0.4) is 0 Å². The van der Waals surface area contributed by atoms with Crippen LogP contribution in [-0.4, -0.2) is 35.5 Å². The molecule has 0 bridgehead atoms. The normalized spacial score (nSPS) is 21.1. The molecule has 1 aromatic rings. The van der Waals surface area contributed by atoms with Crippen LogP contribution in [-0.2, 0) is 0 Å². The molecule has 1 heterocycles. The van der Waals surface area contributed by atoms with E-state index >= 15 is 0 Å². The lowest BCUT2D eigenvalue weighted by atomic mass is 9.97. The van der Waals surface area contributed by atoms with Gasteiger partial charge in [0.1, 0.15) is 0 Å². The summed E-state index contributed by atoms with van der Waals surface area (Å²) in [6.07, 6.45) is 0. The lowest BCUT2D eigenvalue weighted by Crippen LogP contribution is -2.43. The number of rotatable bonds is 3. The fourth-order valence-corrected chi connectivity index (χ4v) is 3.49. The molecule has 2 unspecified atom stereocenters. The summed E-state index contributed by atoms with van der Waals surface area (Å²) in [5.41, 5.74) is 8.89. The minimum atomic E-state index is 0.180. The maximum absolute atomic E-state index is 6.20. The first kappa shape index (κ1) is 12.9. The molecule has 0 saturated carbocycles. The second-order valence-electron chi connectivity index (χ2n) is 4.87. The Morgan fingerprint density at radius 1 is 1.29 bits per heavy atom. The zero-order valence-electron chi connectivity index (χ0n) is 10.7. The summed E-state index contributed by atoms with van der Waals surface area (Å²) in [6, 6.07) is 9.32. The Morgan fingerprint density at radius 2 is 2.00 bits per heavy atom. The second kappa shape index (κ2) is 5.89. The van der Waals surface area contributed by atoms with Crippen LogP contribution in [0.15, 0.2) is 24.3 Å². The van der Waals surface area contributed by atoms with E-state index in [-0.39, 0.29) is 6.04 Å². The fraction of sp³-hybridized carbons (Fsp3) is 0.571. The molecule has 0 radical (unpaired) electrons. The molecule has 94 valence electrons. The number of thioether (sulfide) groups is 1. The van der Waals surface area contributed by atoms with Crippen molar-refractivity contribution < 1.29 is 0 Å². The van der Waals surface area contributed by atoms with Crippen LogP contribution in [0.4, 0.5) is 0 Å². The van der Waals surface area contributed by atoms with Crippen LogP contribution < -0.4 is 5.73 Å². The second-order valence-corrected chi connectivity index (χ2v) is 6.09. The van der Waals surface area contributed by atoms with Gasteiger partial charge in [-0.15, -0.1) is 0 Å². The molecular weight excluding hydrogens is 228 g/mol. The molecule has 0 amide bonds. The van der Waals surface area contributed by atoms with Crippen molar-refractivity contribution in [3.63, 3.8) is 0 Å². The van der Waals surface area contributed by atoms with E-state index in [4.69, 9.17) is 5.73 Å². The maximum Gasteiger partial charge on any atom is 0.0497 e. The van der Waals surface area contributed by atoms with Crippen molar-refractivity contribution in [1.82, 2.24) is 4.90 Å². The molecule has 1 aliphatic rings. The Morgan fingerprint density at radius 3 is 2.59 bits per heavy atom. The number of aryl methyl sites for hydroxylation is 1. The van der Waals surface area contributed by atoms with E-state index in [0.717, 1.165) is 13.1 Å². The first-order valence-electron chi connectivity index (χ1n) is 6.32. The third-order valence-electron chi connectivity index (χ3n) is 3.32. The fourth-order valence-electron chi connectivity index (χ4n) is 2.56. The van der Waals surface area contributed by atoms with Gasteiger partial charge in [-0.05, 0) is 19.4 Å². The van der Waals surface area contributed by atoms with Gasteiger partial charge < -0.3 is 5.73 Å². The van der Waals surface area contributed by atoms with Gasteiger partial charge in [-0.1, -0.05) is 29.8 Å². The first-order valence-corrected chi connectivity index (χ1v) is 7.48. The highest BCUT2D eigenvalue weighted by molar-refractivity contribution is 7.99. The van der Waals surface area contributed by atoms with Crippen molar-refractivity contribution in [2.75, 3.05) is 24.6 Å². The number of nitrogens with zero attached hydrogens (tertiary/aromatic N) is 1. The molecule has 0 aromatic heterocycles. The van der Waals surface area contributed by atoms with Gasteiger partial charge in [0.15, 0.2) is 0 Å². The van der Waals surface area contributed by atoms with E-state index in [1.54, 1.807) is 0 Å². The third kappa shape index (κ3) is 3.24. The largest absolute Gasteiger partial charge is 0.326 e. The zero-order valence-corrected chi connectivity index (χ0v) is 11.5. The lowest BCUT2D eigenvalue weighted by molar-refractivity contribution is 0.195. The quantitative estimate of drug-likeness (QED) is 0.893. The topological polar surface area (TPSA) is 29.3 Å². The summed E-state index contributed by atoms with van der Waals surface area (Å²) in [4.78, 5) is 2.54. The summed E-state index contributed by atoms with van der Waals surface area (Å²) in [7, 11) is 0. The van der Waals surface area contributed by atoms with Crippen LogP contribution in [0.5, 0.6) is 0 Å². The van der Waals surface area contributed by atoms with Crippen LogP contribution in [0, 0.1) is 6.92 Å². The Bertz CT molecular complexity index is 359. The van der Waals surface area contributed by atoms with E-state index in [9.17, 15) is 0 Å². The first-order chi connectivity index (χ1) is 8.18. The van der Waals surface area contributed by atoms with Crippen molar-refractivity contribution in [2.45, 2.75) is 25.9 Å². The van der Waals surface area contributed by atoms with Crippen molar-refractivity contribution in [3.8, 4) is 0 Å². The van der Waals surface area contributed by atoms with Gasteiger partial charge in [0.2, 0.25) is 0 Å². The monoisotopic (exact) mass is 250 g/mol. The number of hydrogen-bond acceptors (Lipinski definition) is 3. The van der Waals surface area contributed by atoms with Crippen LogP contribution >= 0.6 is 11.8 Å². The molecule has 17 heavy (non-hydrogen) atoms. The molecule has 1 saturated heterocycles. The van der Waals surface area contributed by atoms with Crippen LogP contribution in [0.2, 0.25) is 0 Å². The SMILES string of the molecule is Cc1cccc(C(C(C)N)N2CCSCC2)c1. The van der Waals surface area contributed by atoms with Crippen molar-refractivity contribution in [3.05, 3.63) is 35.4 Å². The van der Waals surface area contributed by atoms with E-state index in [2.05, 4.69) is 43.0 Å². The van der Waals surface area contributed by atoms with Crippen molar-refractivity contribution in [2.24, 2.45) is 5.73 Å². The highest BCUT2D eigenvalue weighted by Crippen LogP contribution is 2.26. The molecular formula is C14H22N2S. The van der Waals surface area contributed by atoms with Gasteiger partial charge in [-0.2, -0.15) is 11.8 Å². The van der Waals surface area contributed by atoms with Gasteiger partial charge in [0.05, 0.1) is 0 Å². The average Bonchev–Trinajstić information content (AvgIpc) is 2.30. The van der Waals surface area contributed by atoms with Gasteiger partial charge in [-0.25, -0.2) is 0 Å². The molecule has 1 aromatic carbocycles. The molecule has 3 heteroatoms. The average molecular weight is 250 g/mol. The minimum absolute atomic E-state index is 0.180. The third-order valence-corrected chi connectivity index (χ3v) is 4.26. The zero-order chi connectivity index (χ0) is 12.3. The summed E-state index contributed by atoms with van der Waals surface area (Å²) in [5.74, 6) is 2.46. The summed E-state index contributed by atoms with van der Waals surface area (Å²) < 4.78 is 0. The Labute approximate surface area is 109 Å². The molecule has 2 nitrogen and oxygen atoms in total. The van der Waals surface area contributed by atoms with Gasteiger partial charge >= 0.3 is 0 Å². The lowest BCUT2D eigenvalue weighted by Gasteiger charge is -2.37. The molecule has 2 N–H and O–H groups in total. The summed E-state index contributed by atoms with van der Waals surface area (Å²) in [6.45, 7) is 6.58. The van der Waals surface area contributed by atoms with Crippen molar-refractivity contribution in [1.29, 1.82) is 0 Å². The van der Waals surface area contributed by atoms with E-state index in [0.29, 0.717) is 6.04 Å². The Kier molecular flexibility index (Phi) is 4.48. The standard InChI is InChI=1S/C14H22N2S/c1-11-4-3-5-13(10-11)14(12(2)15)16-6-8-17-9-7-16/h3-5,10,12,14H,6-9,15H2,1-2H3. The Balaban J connectivity index is 2.21. The van der Waals surface area contributed by atoms with Crippen LogP contribution in [0.25, 0.3) is 0 Å². The van der Waals surface area contributed by atoms with Gasteiger partial charge in [0.25, 0.3) is 0 Å². The summed E-state index contributed by atoms with van der Waals surface area (Å²) in [5, 5.41) is 0. The molecule has 2 rings (SSSR count). The maximum atomic E-state index is 6.20. The van der Waals surface area contributed by atoms with E-state index in [1.165, 1.54) is 22.6 Å². The van der Waals surface area contributed by atoms with Gasteiger partial charge in [0, 0.05) is 36.7 Å². The van der Waals surface area contributed by atoms with Gasteiger partial charge in [-0.3, -0.25) is 4.90 Å². The predicted molar refractivity (Wildman–Crippen MR) is 76.5 cm³/mol. The number of hydrogen-bond donors (Lipinski definition) is 1. The number of nitrogens with two attached hydrogens (primary N) is 1. The molecule has 2 atom stereocenters. The highest BCUT2D eigenvalue weighted by Gasteiger charge is 2.25. The Hall–Kier alpha value is -0.510. The molecule has 0 aliphatic carbocycles. The highest BCUT2D eigenvalue weighted by atomic mass is 32.2. The van der Waals surface area contributed by atoms with Crippen LogP contribution in [0.1, 0.15) is 24.1 Å². The molecule has 1 aliphatic heterocycles. The number of benzene rings is 1. The molecule has 1 fully saturated rings. The minimum Gasteiger partial charge on any atom is -0.326 e. The molecule has 0 spiro atoms. The van der Waals surface area contributed by atoms with E-state index < -0.39 is 0 Å².